The van der Waals surface area contributed by atoms with Crippen molar-refractivity contribution in [2.45, 2.75) is 32.9 Å². The number of hydrogen-bond acceptors (Lipinski definition) is 2. The van der Waals surface area contributed by atoms with Crippen molar-refractivity contribution >= 4 is 0 Å². The van der Waals surface area contributed by atoms with Gasteiger partial charge in [-0.3, -0.25) is 0 Å². The molecule has 0 aromatic rings. The van der Waals surface area contributed by atoms with Crippen molar-refractivity contribution < 1.29 is 4.74 Å². The maximum absolute atomic E-state index is 5.42. The molecule has 66 valence electrons. The maximum Gasteiger partial charge on any atom is 0.0749 e. The van der Waals surface area contributed by atoms with E-state index >= 15 is 0 Å². The molecule has 0 bridgehead atoms. The van der Waals surface area contributed by atoms with Crippen molar-refractivity contribution in [1.29, 1.82) is 0 Å². The van der Waals surface area contributed by atoms with Crippen LogP contribution in [0.4, 0.5) is 0 Å². The SMILES string of the molecule is CC1COC1CN(C)C(C)C. The zero-order chi connectivity index (χ0) is 8.43. The van der Waals surface area contributed by atoms with Gasteiger partial charge in [0.15, 0.2) is 0 Å². The molecule has 2 nitrogen and oxygen atoms in total. The zero-order valence-electron chi connectivity index (χ0n) is 8.00. The van der Waals surface area contributed by atoms with Crippen LogP contribution in [-0.2, 0) is 4.74 Å². The van der Waals surface area contributed by atoms with Gasteiger partial charge in [-0.1, -0.05) is 6.92 Å². The lowest BCUT2D eigenvalue weighted by molar-refractivity contribution is -0.118. The molecule has 0 saturated carbocycles. The summed E-state index contributed by atoms with van der Waals surface area (Å²) >= 11 is 0. The fourth-order valence-electron chi connectivity index (χ4n) is 1.15. The van der Waals surface area contributed by atoms with Crippen LogP contribution in [0.5, 0.6) is 0 Å². The summed E-state index contributed by atoms with van der Waals surface area (Å²) in [6, 6.07) is 0.631. The first-order valence-corrected chi connectivity index (χ1v) is 4.43. The predicted molar refractivity (Wildman–Crippen MR) is 46.7 cm³/mol. The molecule has 1 aliphatic rings. The van der Waals surface area contributed by atoms with Crippen molar-refractivity contribution in [3.8, 4) is 0 Å². The summed E-state index contributed by atoms with van der Waals surface area (Å²) < 4.78 is 5.42. The number of ether oxygens (including phenoxy) is 1. The van der Waals surface area contributed by atoms with Gasteiger partial charge >= 0.3 is 0 Å². The fourth-order valence-corrected chi connectivity index (χ4v) is 1.15. The third-order valence-corrected chi connectivity index (χ3v) is 2.56. The Hall–Kier alpha value is -0.0800. The minimum absolute atomic E-state index is 0.488. The van der Waals surface area contributed by atoms with Crippen LogP contribution in [0.3, 0.4) is 0 Å². The van der Waals surface area contributed by atoms with Crippen molar-refractivity contribution in [2.24, 2.45) is 5.92 Å². The molecular weight excluding hydrogens is 138 g/mol. The van der Waals surface area contributed by atoms with Crippen LogP contribution >= 0.6 is 0 Å². The minimum Gasteiger partial charge on any atom is -0.376 e. The molecule has 2 heteroatoms. The molecule has 0 radical (unpaired) electrons. The first kappa shape index (κ1) is 9.01. The molecule has 2 atom stereocenters. The van der Waals surface area contributed by atoms with Gasteiger partial charge in [0.2, 0.25) is 0 Å². The highest BCUT2D eigenvalue weighted by molar-refractivity contribution is 4.78. The van der Waals surface area contributed by atoms with E-state index in [4.69, 9.17) is 4.74 Å². The van der Waals surface area contributed by atoms with Crippen LogP contribution < -0.4 is 0 Å². The average Bonchev–Trinajstić information content (AvgIpc) is 1.96. The number of nitrogens with zero attached hydrogens (tertiary/aromatic N) is 1. The number of hydrogen-bond donors (Lipinski definition) is 0. The smallest absolute Gasteiger partial charge is 0.0749 e. The Bertz CT molecular complexity index is 120. The topological polar surface area (TPSA) is 12.5 Å². The Balaban J connectivity index is 2.19. The first-order chi connectivity index (χ1) is 5.11. The predicted octanol–water partition coefficient (Wildman–Crippen LogP) is 1.36. The lowest BCUT2D eigenvalue weighted by Gasteiger charge is -2.38. The molecule has 1 fully saturated rings. The Labute approximate surface area is 69.5 Å². The van der Waals surface area contributed by atoms with E-state index in [9.17, 15) is 0 Å². The lowest BCUT2D eigenvalue weighted by atomic mass is 10.00. The standard InChI is InChI=1S/C9H19NO/c1-7(2)10(4)5-9-8(3)6-11-9/h7-9H,5-6H2,1-4H3. The van der Waals surface area contributed by atoms with Crippen LogP contribution in [-0.4, -0.2) is 37.2 Å². The Kier molecular flexibility index (Phi) is 2.90. The van der Waals surface area contributed by atoms with Crippen molar-refractivity contribution in [3.63, 3.8) is 0 Å². The molecule has 0 aliphatic carbocycles. The van der Waals surface area contributed by atoms with Gasteiger partial charge in [0.1, 0.15) is 0 Å². The summed E-state index contributed by atoms with van der Waals surface area (Å²) in [5.74, 6) is 0.760. The van der Waals surface area contributed by atoms with E-state index in [2.05, 4.69) is 32.7 Å². The summed E-state index contributed by atoms with van der Waals surface area (Å²) in [6.45, 7) is 8.71. The van der Waals surface area contributed by atoms with E-state index < -0.39 is 0 Å². The summed E-state index contributed by atoms with van der Waals surface area (Å²) in [7, 11) is 2.15. The van der Waals surface area contributed by atoms with Gasteiger partial charge < -0.3 is 9.64 Å². The summed E-state index contributed by atoms with van der Waals surface area (Å²) in [6.07, 6.45) is 0.488. The molecular formula is C9H19NO. The second-order valence-corrected chi connectivity index (χ2v) is 3.88. The third kappa shape index (κ3) is 2.17. The maximum atomic E-state index is 5.42. The highest BCUT2D eigenvalue weighted by atomic mass is 16.5. The van der Waals surface area contributed by atoms with E-state index in [-0.39, 0.29) is 0 Å². The van der Waals surface area contributed by atoms with Crippen LogP contribution in [0, 0.1) is 5.92 Å². The molecule has 0 aromatic heterocycles. The first-order valence-electron chi connectivity index (χ1n) is 4.43. The molecule has 0 N–H and O–H groups in total. The number of rotatable bonds is 3. The lowest BCUT2D eigenvalue weighted by Crippen LogP contribution is -2.46. The van der Waals surface area contributed by atoms with E-state index in [1.165, 1.54) is 0 Å². The normalized spacial score (nSPS) is 31.1. The quantitative estimate of drug-likeness (QED) is 0.613. The molecule has 2 unspecified atom stereocenters. The molecule has 1 aliphatic heterocycles. The zero-order valence-corrected chi connectivity index (χ0v) is 8.00. The van der Waals surface area contributed by atoms with Crippen LogP contribution in [0.2, 0.25) is 0 Å². The Morgan fingerprint density at radius 3 is 2.45 bits per heavy atom. The van der Waals surface area contributed by atoms with Crippen LogP contribution in [0.1, 0.15) is 20.8 Å². The molecule has 0 aromatic carbocycles. The van der Waals surface area contributed by atoms with Gasteiger partial charge in [-0.25, -0.2) is 0 Å². The van der Waals surface area contributed by atoms with Gasteiger partial charge in [0.05, 0.1) is 12.7 Å². The molecule has 0 spiro atoms. The van der Waals surface area contributed by atoms with Crippen LogP contribution in [0.15, 0.2) is 0 Å². The molecule has 1 heterocycles. The second-order valence-electron chi connectivity index (χ2n) is 3.88. The molecule has 1 rings (SSSR count). The summed E-state index contributed by atoms with van der Waals surface area (Å²) in [4.78, 5) is 2.33. The van der Waals surface area contributed by atoms with Crippen molar-refractivity contribution in [3.05, 3.63) is 0 Å². The van der Waals surface area contributed by atoms with Crippen molar-refractivity contribution in [1.82, 2.24) is 4.90 Å². The summed E-state index contributed by atoms with van der Waals surface area (Å²) in [5.41, 5.74) is 0. The highest BCUT2D eigenvalue weighted by Gasteiger charge is 2.28. The molecule has 0 amide bonds. The van der Waals surface area contributed by atoms with E-state index in [0.29, 0.717) is 12.1 Å². The van der Waals surface area contributed by atoms with Gasteiger partial charge in [-0.05, 0) is 20.9 Å². The van der Waals surface area contributed by atoms with Gasteiger partial charge in [-0.15, -0.1) is 0 Å². The monoisotopic (exact) mass is 157 g/mol. The van der Waals surface area contributed by atoms with Gasteiger partial charge in [-0.2, -0.15) is 0 Å². The average molecular weight is 157 g/mol. The van der Waals surface area contributed by atoms with E-state index in [0.717, 1.165) is 19.1 Å². The summed E-state index contributed by atoms with van der Waals surface area (Å²) in [5, 5.41) is 0. The van der Waals surface area contributed by atoms with Gasteiger partial charge in [0, 0.05) is 18.5 Å². The van der Waals surface area contributed by atoms with Gasteiger partial charge in [0.25, 0.3) is 0 Å². The Morgan fingerprint density at radius 1 is 1.55 bits per heavy atom. The minimum atomic E-state index is 0.488. The van der Waals surface area contributed by atoms with E-state index in [1.54, 1.807) is 0 Å². The second kappa shape index (κ2) is 3.55. The van der Waals surface area contributed by atoms with Crippen LogP contribution in [0.25, 0.3) is 0 Å². The fraction of sp³-hybridized carbons (Fsp3) is 1.00. The van der Waals surface area contributed by atoms with Crippen molar-refractivity contribution in [2.75, 3.05) is 20.2 Å². The molecule has 1 saturated heterocycles. The third-order valence-electron chi connectivity index (χ3n) is 2.56. The van der Waals surface area contributed by atoms with E-state index in [1.807, 2.05) is 0 Å². The molecule has 11 heavy (non-hydrogen) atoms. The number of likely N-dealkylation sites (N-methyl/N-ethyl adjacent to an activating group) is 1. The Morgan fingerprint density at radius 2 is 2.18 bits per heavy atom. The highest BCUT2D eigenvalue weighted by Crippen LogP contribution is 2.20. The largest absolute Gasteiger partial charge is 0.376 e.